The Morgan fingerprint density at radius 3 is 2.74 bits per heavy atom. The first-order valence-electron chi connectivity index (χ1n) is 8.90. The summed E-state index contributed by atoms with van der Waals surface area (Å²) < 4.78 is 0. The van der Waals surface area contributed by atoms with E-state index in [4.69, 9.17) is 0 Å². The standard InChI is InChI=1S/C17H31N3O2S/c1-4-5-9-19(3)10-13(2)18-16(21)15-11-23-12-20(15)17(22)14-7-6-8-14/h13-15H,4-12H2,1-3H3,(H,18,21)/t13-,15?/m0/s1. The van der Waals surface area contributed by atoms with Gasteiger partial charge >= 0.3 is 0 Å². The van der Waals surface area contributed by atoms with Crippen LogP contribution < -0.4 is 5.32 Å². The molecule has 1 saturated carbocycles. The Kier molecular flexibility index (Phi) is 7.21. The van der Waals surface area contributed by atoms with E-state index in [0.717, 1.165) is 38.1 Å². The monoisotopic (exact) mass is 341 g/mol. The molecule has 1 aliphatic heterocycles. The second kappa shape index (κ2) is 8.92. The van der Waals surface area contributed by atoms with Crippen LogP contribution in [0.2, 0.25) is 0 Å². The molecule has 132 valence electrons. The number of rotatable bonds is 8. The van der Waals surface area contributed by atoms with Crippen LogP contribution in [0.15, 0.2) is 0 Å². The van der Waals surface area contributed by atoms with Crippen LogP contribution in [-0.2, 0) is 9.59 Å². The van der Waals surface area contributed by atoms with Gasteiger partial charge in [0.2, 0.25) is 11.8 Å². The SMILES string of the molecule is CCCCN(C)C[C@H](C)NC(=O)C1CSCN1C(=O)C1CCC1. The molecule has 1 N–H and O–H groups in total. The number of carbonyl (C=O) groups is 2. The van der Waals surface area contributed by atoms with Crippen LogP contribution >= 0.6 is 11.8 Å². The molecular weight excluding hydrogens is 310 g/mol. The summed E-state index contributed by atoms with van der Waals surface area (Å²) in [6.07, 6.45) is 5.50. The Hall–Kier alpha value is -0.750. The van der Waals surface area contributed by atoms with E-state index in [2.05, 4.69) is 24.2 Å². The second-order valence-corrected chi connectivity index (χ2v) is 7.98. The number of hydrogen-bond donors (Lipinski definition) is 1. The predicted octanol–water partition coefficient (Wildman–Crippen LogP) is 1.92. The van der Waals surface area contributed by atoms with Gasteiger partial charge in [-0.25, -0.2) is 0 Å². The molecule has 0 aromatic heterocycles. The Morgan fingerprint density at radius 2 is 2.13 bits per heavy atom. The average Bonchev–Trinajstić information content (AvgIpc) is 2.92. The van der Waals surface area contributed by atoms with Crippen molar-refractivity contribution in [1.29, 1.82) is 0 Å². The lowest BCUT2D eigenvalue weighted by Crippen LogP contribution is -2.52. The maximum atomic E-state index is 12.6. The molecule has 2 aliphatic rings. The van der Waals surface area contributed by atoms with Crippen LogP contribution in [0, 0.1) is 5.92 Å². The molecule has 2 amide bonds. The van der Waals surface area contributed by atoms with Gasteiger partial charge in [-0.3, -0.25) is 9.59 Å². The van der Waals surface area contributed by atoms with Gasteiger partial charge in [0.1, 0.15) is 6.04 Å². The smallest absolute Gasteiger partial charge is 0.243 e. The molecule has 2 atom stereocenters. The van der Waals surface area contributed by atoms with Crippen LogP contribution in [0.3, 0.4) is 0 Å². The molecule has 23 heavy (non-hydrogen) atoms. The summed E-state index contributed by atoms with van der Waals surface area (Å²) in [5.74, 6) is 1.76. The molecule has 0 aromatic carbocycles. The molecule has 0 radical (unpaired) electrons. The van der Waals surface area contributed by atoms with Crippen molar-refractivity contribution in [3.05, 3.63) is 0 Å². The number of unbranched alkanes of at least 4 members (excludes halogenated alkanes) is 1. The van der Waals surface area contributed by atoms with Crippen LogP contribution in [0.1, 0.15) is 46.0 Å². The summed E-state index contributed by atoms with van der Waals surface area (Å²) in [6.45, 7) is 6.13. The third-order valence-electron chi connectivity index (χ3n) is 4.79. The Balaban J connectivity index is 1.80. The lowest BCUT2D eigenvalue weighted by atomic mass is 9.84. The molecule has 0 aromatic rings. The quantitative estimate of drug-likeness (QED) is 0.733. The highest BCUT2D eigenvalue weighted by molar-refractivity contribution is 7.99. The third-order valence-corrected chi connectivity index (χ3v) is 5.80. The Labute approximate surface area is 144 Å². The molecule has 0 bridgehead atoms. The predicted molar refractivity (Wildman–Crippen MR) is 95.3 cm³/mol. The van der Waals surface area contributed by atoms with Gasteiger partial charge in [0.15, 0.2) is 0 Å². The van der Waals surface area contributed by atoms with Crippen LogP contribution in [0.5, 0.6) is 0 Å². The highest BCUT2D eigenvalue weighted by atomic mass is 32.2. The van der Waals surface area contributed by atoms with Crippen LogP contribution in [0.25, 0.3) is 0 Å². The van der Waals surface area contributed by atoms with Crippen molar-refractivity contribution in [2.24, 2.45) is 5.92 Å². The van der Waals surface area contributed by atoms with E-state index in [0.29, 0.717) is 5.88 Å². The largest absolute Gasteiger partial charge is 0.351 e. The molecule has 2 rings (SSSR count). The Morgan fingerprint density at radius 1 is 1.39 bits per heavy atom. The van der Waals surface area contributed by atoms with E-state index < -0.39 is 0 Å². The van der Waals surface area contributed by atoms with Crippen molar-refractivity contribution < 1.29 is 9.59 Å². The van der Waals surface area contributed by atoms with Crippen LogP contribution in [0.4, 0.5) is 0 Å². The number of hydrogen-bond acceptors (Lipinski definition) is 4. The van der Waals surface area contributed by atoms with Gasteiger partial charge in [-0.2, -0.15) is 0 Å². The van der Waals surface area contributed by atoms with E-state index in [1.807, 2.05) is 6.92 Å². The van der Waals surface area contributed by atoms with Crippen LogP contribution in [-0.4, -0.2) is 65.5 Å². The number of thioether (sulfide) groups is 1. The van der Waals surface area contributed by atoms with E-state index in [1.54, 1.807) is 16.7 Å². The molecule has 2 fully saturated rings. The molecule has 1 heterocycles. The van der Waals surface area contributed by atoms with Gasteiger partial charge in [0.25, 0.3) is 0 Å². The number of carbonyl (C=O) groups excluding carboxylic acids is 2. The molecule has 6 heteroatoms. The summed E-state index contributed by atoms with van der Waals surface area (Å²) in [6, 6.07) is -0.174. The highest BCUT2D eigenvalue weighted by Crippen LogP contribution is 2.32. The van der Waals surface area contributed by atoms with Gasteiger partial charge in [0.05, 0.1) is 5.88 Å². The first kappa shape index (κ1) is 18.6. The topological polar surface area (TPSA) is 52.7 Å². The van der Waals surface area contributed by atoms with Crippen molar-refractivity contribution in [1.82, 2.24) is 15.1 Å². The van der Waals surface area contributed by atoms with Crippen molar-refractivity contribution >= 4 is 23.6 Å². The van der Waals surface area contributed by atoms with E-state index in [-0.39, 0.29) is 29.8 Å². The van der Waals surface area contributed by atoms with Crippen molar-refractivity contribution in [3.8, 4) is 0 Å². The molecule has 1 aliphatic carbocycles. The van der Waals surface area contributed by atoms with Gasteiger partial charge in [-0.15, -0.1) is 11.8 Å². The lowest BCUT2D eigenvalue weighted by Gasteiger charge is -2.32. The summed E-state index contributed by atoms with van der Waals surface area (Å²) in [5.41, 5.74) is 0. The summed E-state index contributed by atoms with van der Waals surface area (Å²) >= 11 is 1.68. The molecule has 5 nitrogen and oxygen atoms in total. The molecule has 0 spiro atoms. The first-order chi connectivity index (χ1) is 11.0. The fourth-order valence-corrected chi connectivity index (χ4v) is 4.30. The van der Waals surface area contributed by atoms with Gasteiger partial charge in [0, 0.05) is 24.3 Å². The minimum absolute atomic E-state index is 0.0130. The summed E-state index contributed by atoms with van der Waals surface area (Å²) in [4.78, 5) is 29.1. The lowest BCUT2D eigenvalue weighted by molar-refractivity contribution is -0.143. The van der Waals surface area contributed by atoms with Gasteiger partial charge in [-0.1, -0.05) is 19.8 Å². The van der Waals surface area contributed by atoms with Crippen molar-refractivity contribution in [2.75, 3.05) is 31.8 Å². The minimum atomic E-state index is -0.281. The maximum Gasteiger partial charge on any atom is 0.243 e. The van der Waals surface area contributed by atoms with Crippen molar-refractivity contribution in [2.45, 2.75) is 58.0 Å². The summed E-state index contributed by atoms with van der Waals surface area (Å²) in [5, 5.41) is 3.10. The van der Waals surface area contributed by atoms with Crippen molar-refractivity contribution in [3.63, 3.8) is 0 Å². The zero-order valence-electron chi connectivity index (χ0n) is 14.7. The number of nitrogens with zero attached hydrogens (tertiary/aromatic N) is 2. The highest BCUT2D eigenvalue weighted by Gasteiger charge is 2.39. The number of amides is 2. The zero-order valence-corrected chi connectivity index (χ0v) is 15.5. The average molecular weight is 342 g/mol. The summed E-state index contributed by atoms with van der Waals surface area (Å²) in [7, 11) is 2.09. The second-order valence-electron chi connectivity index (χ2n) is 6.98. The molecular formula is C17H31N3O2S. The fraction of sp³-hybridized carbons (Fsp3) is 0.882. The van der Waals surface area contributed by atoms with Gasteiger partial charge in [-0.05, 0) is 39.8 Å². The zero-order chi connectivity index (χ0) is 16.8. The maximum absolute atomic E-state index is 12.6. The normalized spacial score (nSPS) is 23.0. The first-order valence-corrected chi connectivity index (χ1v) is 10.1. The Bertz CT molecular complexity index is 415. The van der Waals surface area contributed by atoms with Gasteiger partial charge < -0.3 is 15.1 Å². The molecule has 1 saturated heterocycles. The molecule has 1 unspecified atom stereocenters. The van der Waals surface area contributed by atoms with E-state index in [1.165, 1.54) is 12.8 Å². The van der Waals surface area contributed by atoms with E-state index >= 15 is 0 Å². The third kappa shape index (κ3) is 5.11. The number of nitrogens with one attached hydrogen (secondary N) is 1. The minimum Gasteiger partial charge on any atom is -0.351 e. The van der Waals surface area contributed by atoms with E-state index in [9.17, 15) is 9.59 Å². The number of likely N-dealkylation sites (N-methyl/N-ethyl adjacent to an activating group) is 1. The fourth-order valence-electron chi connectivity index (χ4n) is 3.14.